The lowest BCUT2D eigenvalue weighted by molar-refractivity contribution is -0.123. The van der Waals surface area contributed by atoms with Gasteiger partial charge in [-0.15, -0.1) is 0 Å². The molecule has 1 amide bonds. The number of esters is 1. The number of carbonyl (C=O) groups excluding carboxylic acids is 2. The Morgan fingerprint density at radius 1 is 1.23 bits per heavy atom. The lowest BCUT2D eigenvalue weighted by Gasteiger charge is -2.14. The number of ether oxygens (including phenoxy) is 1. The first-order valence-corrected chi connectivity index (χ1v) is 9.52. The number of nitrogens with one attached hydrogen (secondary N) is 1. The van der Waals surface area contributed by atoms with E-state index in [1.54, 1.807) is 48.7 Å². The zero-order valence-corrected chi connectivity index (χ0v) is 15.2. The molecule has 2 atom stereocenters. The van der Waals surface area contributed by atoms with E-state index < -0.39 is 28.8 Å². The minimum Gasteiger partial charge on any atom is -0.449 e. The standard InChI is InChI=1S/C19H18N2O4S/c1-13(18(22)21-17-8-4-5-14(10-17)11-20)25-19(23)16-7-3-6-15(9-16)12-26(2)24/h3-10,13H,12H2,1-2H3,(H,21,22)/t13-,26+/m0/s1. The van der Waals surface area contributed by atoms with Crippen LogP contribution in [0.15, 0.2) is 48.5 Å². The summed E-state index contributed by atoms with van der Waals surface area (Å²) in [6.45, 7) is 1.46. The van der Waals surface area contributed by atoms with Crippen molar-refractivity contribution < 1.29 is 18.5 Å². The fourth-order valence-electron chi connectivity index (χ4n) is 2.22. The molecule has 0 saturated heterocycles. The summed E-state index contributed by atoms with van der Waals surface area (Å²) in [7, 11) is -1.02. The number of hydrogen-bond acceptors (Lipinski definition) is 5. The molecule has 2 aromatic carbocycles. The van der Waals surface area contributed by atoms with E-state index >= 15 is 0 Å². The summed E-state index contributed by atoms with van der Waals surface area (Å²) < 4.78 is 16.5. The highest BCUT2D eigenvalue weighted by atomic mass is 32.2. The van der Waals surface area contributed by atoms with Crippen molar-refractivity contribution in [1.82, 2.24) is 0 Å². The highest BCUT2D eigenvalue weighted by molar-refractivity contribution is 7.83. The Balaban J connectivity index is 2.00. The number of rotatable bonds is 6. The molecular formula is C19H18N2O4S. The largest absolute Gasteiger partial charge is 0.449 e. The molecule has 0 fully saturated rings. The van der Waals surface area contributed by atoms with Crippen molar-refractivity contribution in [2.45, 2.75) is 18.8 Å². The van der Waals surface area contributed by atoms with Gasteiger partial charge >= 0.3 is 5.97 Å². The van der Waals surface area contributed by atoms with Crippen molar-refractivity contribution in [3.05, 3.63) is 65.2 Å². The molecule has 1 N–H and O–H groups in total. The summed E-state index contributed by atoms with van der Waals surface area (Å²) in [5.74, 6) is -0.798. The van der Waals surface area contributed by atoms with Crippen LogP contribution in [0.25, 0.3) is 0 Å². The summed E-state index contributed by atoms with van der Waals surface area (Å²) in [5.41, 5.74) is 1.91. The first kappa shape index (κ1) is 19.3. The molecule has 0 aliphatic heterocycles. The molecule has 6 nitrogen and oxygen atoms in total. The van der Waals surface area contributed by atoms with Gasteiger partial charge in [0, 0.05) is 28.5 Å². The molecule has 0 aliphatic carbocycles. The second-order valence-corrected chi connectivity index (χ2v) is 7.08. The highest BCUT2D eigenvalue weighted by Gasteiger charge is 2.19. The Morgan fingerprint density at radius 3 is 2.65 bits per heavy atom. The van der Waals surface area contributed by atoms with Crippen molar-refractivity contribution in [3.63, 3.8) is 0 Å². The average molecular weight is 370 g/mol. The number of hydrogen-bond donors (Lipinski definition) is 1. The van der Waals surface area contributed by atoms with Gasteiger partial charge in [0.1, 0.15) is 0 Å². The van der Waals surface area contributed by atoms with Gasteiger partial charge in [-0.25, -0.2) is 4.79 Å². The number of nitrogens with zero attached hydrogens (tertiary/aromatic N) is 1. The smallest absolute Gasteiger partial charge is 0.338 e. The lowest BCUT2D eigenvalue weighted by atomic mass is 10.1. The van der Waals surface area contributed by atoms with Crippen LogP contribution < -0.4 is 5.32 Å². The van der Waals surface area contributed by atoms with E-state index in [2.05, 4.69) is 5.32 Å². The summed E-state index contributed by atoms with van der Waals surface area (Å²) >= 11 is 0. The predicted molar refractivity (Wildman–Crippen MR) is 98.9 cm³/mol. The Bertz CT molecular complexity index is 889. The molecule has 134 valence electrons. The minimum atomic E-state index is -1.02. The fourth-order valence-corrected chi connectivity index (χ4v) is 2.86. The van der Waals surface area contributed by atoms with Crippen LogP contribution in [0.3, 0.4) is 0 Å². The van der Waals surface area contributed by atoms with E-state index in [-0.39, 0.29) is 0 Å². The molecule has 0 radical (unpaired) electrons. The van der Waals surface area contributed by atoms with Crippen molar-refractivity contribution in [2.75, 3.05) is 11.6 Å². The Kier molecular flexibility index (Phi) is 6.64. The lowest BCUT2D eigenvalue weighted by Crippen LogP contribution is -2.30. The number of benzene rings is 2. The van der Waals surface area contributed by atoms with Crippen LogP contribution >= 0.6 is 0 Å². The summed E-state index contributed by atoms with van der Waals surface area (Å²) in [5, 5.41) is 11.5. The number of anilines is 1. The fraction of sp³-hybridized carbons (Fsp3) is 0.211. The molecule has 2 aromatic rings. The van der Waals surface area contributed by atoms with Crippen LogP contribution in [0.5, 0.6) is 0 Å². The highest BCUT2D eigenvalue weighted by Crippen LogP contribution is 2.13. The molecule has 2 rings (SSSR count). The van der Waals surface area contributed by atoms with Gasteiger partial charge in [0.05, 0.1) is 17.2 Å². The van der Waals surface area contributed by atoms with E-state index in [9.17, 15) is 13.8 Å². The summed E-state index contributed by atoms with van der Waals surface area (Å²) in [4.78, 5) is 24.4. The Morgan fingerprint density at radius 2 is 1.96 bits per heavy atom. The molecule has 7 heteroatoms. The Hall–Kier alpha value is -2.98. The van der Waals surface area contributed by atoms with Gasteiger partial charge in [-0.3, -0.25) is 9.00 Å². The number of carbonyl (C=O) groups is 2. The predicted octanol–water partition coefficient (Wildman–Crippen LogP) is 2.62. The molecule has 0 aromatic heterocycles. The minimum absolute atomic E-state index is 0.291. The van der Waals surface area contributed by atoms with Crippen molar-refractivity contribution in [3.8, 4) is 6.07 Å². The first-order chi connectivity index (χ1) is 12.4. The molecule has 0 unspecified atom stereocenters. The quantitative estimate of drug-likeness (QED) is 0.789. The molecule has 0 heterocycles. The monoisotopic (exact) mass is 370 g/mol. The third-order valence-corrected chi connectivity index (χ3v) is 4.18. The van der Waals surface area contributed by atoms with Crippen LogP contribution in [0.2, 0.25) is 0 Å². The first-order valence-electron chi connectivity index (χ1n) is 7.80. The van der Waals surface area contributed by atoms with Gasteiger partial charge in [-0.2, -0.15) is 5.26 Å². The van der Waals surface area contributed by atoms with Gasteiger partial charge in [0.15, 0.2) is 6.10 Å². The van der Waals surface area contributed by atoms with Crippen molar-refractivity contribution in [2.24, 2.45) is 0 Å². The van der Waals surface area contributed by atoms with Gasteiger partial charge in [0.25, 0.3) is 5.91 Å². The third kappa shape index (κ3) is 5.53. The van der Waals surface area contributed by atoms with Crippen LogP contribution in [0.1, 0.15) is 28.4 Å². The van der Waals surface area contributed by atoms with Gasteiger partial charge in [0.2, 0.25) is 0 Å². The molecule has 0 spiro atoms. The average Bonchev–Trinajstić information content (AvgIpc) is 2.61. The topological polar surface area (TPSA) is 96.3 Å². The maximum Gasteiger partial charge on any atom is 0.338 e. The van der Waals surface area contributed by atoms with E-state index in [4.69, 9.17) is 10.00 Å². The van der Waals surface area contributed by atoms with Crippen LogP contribution in [-0.2, 0) is 26.1 Å². The maximum absolute atomic E-state index is 12.2. The summed E-state index contributed by atoms with van der Waals surface area (Å²) in [6.07, 6.45) is 0.566. The van der Waals surface area contributed by atoms with Crippen molar-refractivity contribution >= 4 is 28.4 Å². The van der Waals surface area contributed by atoms with E-state index in [0.29, 0.717) is 22.6 Å². The third-order valence-electron chi connectivity index (χ3n) is 3.44. The molecule has 0 bridgehead atoms. The van der Waals surface area contributed by atoms with E-state index in [1.807, 2.05) is 6.07 Å². The van der Waals surface area contributed by atoms with Crippen molar-refractivity contribution in [1.29, 1.82) is 5.26 Å². The van der Waals surface area contributed by atoms with Crippen LogP contribution in [0, 0.1) is 11.3 Å². The molecule has 26 heavy (non-hydrogen) atoms. The second-order valence-electron chi connectivity index (χ2n) is 5.65. The zero-order chi connectivity index (χ0) is 19.1. The van der Waals surface area contributed by atoms with E-state index in [1.165, 1.54) is 13.0 Å². The molecular weight excluding hydrogens is 352 g/mol. The van der Waals surface area contributed by atoms with Crippen LogP contribution in [0.4, 0.5) is 5.69 Å². The number of amides is 1. The Labute approximate surface area is 154 Å². The molecule has 0 saturated carbocycles. The second kappa shape index (κ2) is 8.92. The molecule has 0 aliphatic rings. The van der Waals surface area contributed by atoms with Gasteiger partial charge in [-0.05, 0) is 42.8 Å². The van der Waals surface area contributed by atoms with Gasteiger partial charge < -0.3 is 10.1 Å². The summed E-state index contributed by atoms with van der Waals surface area (Å²) in [6, 6.07) is 15.0. The normalized spacial score (nSPS) is 12.5. The van der Waals surface area contributed by atoms with Gasteiger partial charge in [-0.1, -0.05) is 18.2 Å². The SMILES string of the molecule is C[C@H](OC(=O)c1cccc(C[S@@](C)=O)c1)C(=O)Nc1cccc(C#N)c1. The number of nitriles is 1. The van der Waals surface area contributed by atoms with E-state index in [0.717, 1.165) is 5.56 Å². The maximum atomic E-state index is 12.2. The van der Waals surface area contributed by atoms with Crippen LogP contribution in [-0.4, -0.2) is 28.4 Å². The zero-order valence-electron chi connectivity index (χ0n) is 14.4.